The third kappa shape index (κ3) is 3.23. The van der Waals surface area contributed by atoms with Crippen LogP contribution in [0.25, 0.3) is 11.2 Å². The lowest BCUT2D eigenvalue weighted by molar-refractivity contribution is 0.187. The van der Waals surface area contributed by atoms with Crippen molar-refractivity contribution in [3.05, 3.63) is 47.1 Å². The van der Waals surface area contributed by atoms with Crippen LogP contribution < -0.4 is 10.5 Å². The van der Waals surface area contributed by atoms with E-state index < -0.39 is 6.10 Å². The van der Waals surface area contributed by atoms with Crippen molar-refractivity contribution < 1.29 is 4.74 Å². The number of nitriles is 1. The molecule has 0 aliphatic rings. The van der Waals surface area contributed by atoms with E-state index in [4.69, 9.17) is 22.1 Å². The molecule has 7 nitrogen and oxygen atoms in total. The van der Waals surface area contributed by atoms with Gasteiger partial charge in [0.1, 0.15) is 17.3 Å². The number of aromatic nitrogens is 4. The average molecular weight is 329 g/mol. The van der Waals surface area contributed by atoms with Gasteiger partial charge < -0.3 is 15.5 Å². The van der Waals surface area contributed by atoms with Crippen LogP contribution >= 0.6 is 11.6 Å². The maximum Gasteiger partial charge on any atom is 0.171 e. The summed E-state index contributed by atoms with van der Waals surface area (Å²) in [6.45, 7) is 0.386. The maximum absolute atomic E-state index is 9.19. The minimum atomic E-state index is -0.488. The number of fused-ring (bicyclic) bond motifs is 1. The number of H-pyrrole nitrogens is 1. The third-order valence-electron chi connectivity index (χ3n) is 3.24. The summed E-state index contributed by atoms with van der Waals surface area (Å²) in [5.74, 6) is 0.850. The van der Waals surface area contributed by atoms with Crippen molar-refractivity contribution in [1.29, 1.82) is 5.26 Å². The van der Waals surface area contributed by atoms with Crippen LogP contribution in [0.2, 0.25) is 5.02 Å². The summed E-state index contributed by atoms with van der Waals surface area (Å²) in [4.78, 5) is 15.7. The smallest absolute Gasteiger partial charge is 0.171 e. The number of hydrogen-bond donors (Lipinski definition) is 2. The average Bonchev–Trinajstić information content (AvgIpc) is 3.02. The van der Waals surface area contributed by atoms with Gasteiger partial charge in [-0.1, -0.05) is 11.6 Å². The van der Waals surface area contributed by atoms with Crippen molar-refractivity contribution in [1.82, 2.24) is 19.9 Å². The van der Waals surface area contributed by atoms with Gasteiger partial charge in [0.25, 0.3) is 0 Å². The van der Waals surface area contributed by atoms with Crippen LogP contribution in [-0.4, -0.2) is 26.5 Å². The largest absolute Gasteiger partial charge is 0.481 e. The summed E-state index contributed by atoms with van der Waals surface area (Å²) in [7, 11) is 0. The van der Waals surface area contributed by atoms with Crippen LogP contribution in [0.3, 0.4) is 0 Å². The zero-order valence-electron chi connectivity index (χ0n) is 12.0. The number of nitrogens with zero attached hydrogens (tertiary/aromatic N) is 4. The van der Waals surface area contributed by atoms with E-state index in [1.165, 1.54) is 0 Å². The second-order valence-corrected chi connectivity index (χ2v) is 5.24. The minimum Gasteiger partial charge on any atom is -0.481 e. The van der Waals surface area contributed by atoms with Crippen molar-refractivity contribution in [2.75, 3.05) is 6.54 Å². The van der Waals surface area contributed by atoms with Gasteiger partial charge in [-0.25, -0.2) is 15.0 Å². The van der Waals surface area contributed by atoms with E-state index in [0.717, 1.165) is 0 Å². The lowest BCUT2D eigenvalue weighted by atomic mass is 10.2. The number of nitrogens with one attached hydrogen (secondary N) is 1. The fourth-order valence-electron chi connectivity index (χ4n) is 2.14. The van der Waals surface area contributed by atoms with Gasteiger partial charge in [-0.3, -0.25) is 0 Å². The first kappa shape index (κ1) is 15.2. The van der Waals surface area contributed by atoms with Crippen molar-refractivity contribution in [3.63, 3.8) is 0 Å². The summed E-state index contributed by atoms with van der Waals surface area (Å²) in [5.41, 5.74) is 7.34. The summed E-state index contributed by atoms with van der Waals surface area (Å²) in [6.07, 6.45) is 3.17. The molecular formula is C15H13ClN6O. The van der Waals surface area contributed by atoms with Gasteiger partial charge in [0, 0.05) is 17.5 Å². The Morgan fingerprint density at radius 2 is 2.26 bits per heavy atom. The molecule has 0 saturated carbocycles. The molecule has 1 atom stereocenters. The molecule has 0 amide bonds. The molecule has 3 rings (SSSR count). The van der Waals surface area contributed by atoms with Crippen LogP contribution in [0.5, 0.6) is 5.75 Å². The number of imidazole rings is 1. The van der Waals surface area contributed by atoms with Crippen LogP contribution in [0.4, 0.5) is 0 Å². The van der Waals surface area contributed by atoms with Gasteiger partial charge >= 0.3 is 0 Å². The molecule has 2 aromatic heterocycles. The topological polar surface area (TPSA) is 113 Å². The number of ether oxygens (including phenoxy) is 1. The molecule has 8 heteroatoms. The molecular weight excluding hydrogens is 316 g/mol. The van der Waals surface area contributed by atoms with E-state index >= 15 is 0 Å². The minimum absolute atomic E-state index is 0.381. The summed E-state index contributed by atoms with van der Waals surface area (Å²) in [6, 6.07) is 6.92. The molecule has 0 bridgehead atoms. The molecule has 0 aliphatic carbocycles. The Hall–Kier alpha value is -2.69. The van der Waals surface area contributed by atoms with Crippen LogP contribution in [0.15, 0.2) is 30.7 Å². The normalized spacial score (nSPS) is 12.0. The van der Waals surface area contributed by atoms with Crippen molar-refractivity contribution in [3.8, 4) is 11.8 Å². The highest BCUT2D eigenvalue weighted by molar-refractivity contribution is 6.30. The highest BCUT2D eigenvalue weighted by Crippen LogP contribution is 2.28. The third-order valence-corrected chi connectivity index (χ3v) is 3.48. The molecule has 1 aromatic carbocycles. The fraction of sp³-hybridized carbons (Fsp3) is 0.200. The molecule has 23 heavy (non-hydrogen) atoms. The number of aromatic amines is 1. The van der Waals surface area contributed by atoms with E-state index in [1.54, 1.807) is 30.7 Å². The van der Waals surface area contributed by atoms with Gasteiger partial charge in [-0.15, -0.1) is 0 Å². The predicted molar refractivity (Wildman–Crippen MR) is 84.9 cm³/mol. The second kappa shape index (κ2) is 6.60. The molecule has 0 saturated heterocycles. The Balaban J connectivity index is 1.95. The monoisotopic (exact) mass is 328 g/mol. The standard InChI is InChI=1S/C15H13ClN6O/c16-10-2-1-9(6-18)13(5-10)23-12(3-4-17)15-19-7-11-14(22-15)21-8-20-11/h1-2,5,7-8,12H,3-4,17H2,(H,19,20,21,22). The van der Waals surface area contributed by atoms with Crippen LogP contribution in [0.1, 0.15) is 23.9 Å². The Morgan fingerprint density at radius 1 is 1.39 bits per heavy atom. The molecule has 2 heterocycles. The van der Waals surface area contributed by atoms with Gasteiger partial charge in [-0.2, -0.15) is 5.26 Å². The maximum atomic E-state index is 9.19. The number of hydrogen-bond acceptors (Lipinski definition) is 6. The number of nitrogens with two attached hydrogens (primary N) is 1. The number of halogens is 1. The van der Waals surface area contributed by atoms with E-state index in [2.05, 4.69) is 26.0 Å². The second-order valence-electron chi connectivity index (χ2n) is 4.80. The van der Waals surface area contributed by atoms with Crippen LogP contribution in [-0.2, 0) is 0 Å². The van der Waals surface area contributed by atoms with Gasteiger partial charge in [-0.05, 0) is 18.7 Å². The first-order valence-electron chi connectivity index (χ1n) is 6.93. The molecule has 0 fully saturated rings. The number of rotatable bonds is 5. The zero-order valence-corrected chi connectivity index (χ0v) is 12.8. The van der Waals surface area contributed by atoms with Crippen LogP contribution in [0, 0.1) is 11.3 Å². The Morgan fingerprint density at radius 3 is 3.04 bits per heavy atom. The Bertz CT molecular complexity index is 872. The molecule has 0 radical (unpaired) electrons. The highest BCUT2D eigenvalue weighted by Gasteiger charge is 2.19. The molecule has 3 N–H and O–H groups in total. The van der Waals surface area contributed by atoms with Crippen molar-refractivity contribution in [2.24, 2.45) is 5.73 Å². The van der Waals surface area contributed by atoms with Crippen molar-refractivity contribution in [2.45, 2.75) is 12.5 Å². The zero-order chi connectivity index (χ0) is 16.2. The van der Waals surface area contributed by atoms with Gasteiger partial charge in [0.05, 0.1) is 18.1 Å². The fourth-order valence-corrected chi connectivity index (χ4v) is 2.30. The van der Waals surface area contributed by atoms with E-state index in [9.17, 15) is 5.26 Å². The quantitative estimate of drug-likeness (QED) is 0.743. The lowest BCUT2D eigenvalue weighted by Crippen LogP contribution is -2.16. The van der Waals surface area contributed by atoms with E-state index in [0.29, 0.717) is 46.3 Å². The highest BCUT2D eigenvalue weighted by atomic mass is 35.5. The summed E-state index contributed by atoms with van der Waals surface area (Å²) < 4.78 is 5.92. The van der Waals surface area contributed by atoms with E-state index in [-0.39, 0.29) is 0 Å². The van der Waals surface area contributed by atoms with Gasteiger partial charge in [0.2, 0.25) is 0 Å². The summed E-state index contributed by atoms with van der Waals surface area (Å²) in [5, 5.41) is 9.68. The molecule has 3 aromatic rings. The first-order chi connectivity index (χ1) is 11.2. The van der Waals surface area contributed by atoms with Crippen molar-refractivity contribution >= 4 is 22.8 Å². The first-order valence-corrected chi connectivity index (χ1v) is 7.31. The summed E-state index contributed by atoms with van der Waals surface area (Å²) >= 11 is 5.99. The molecule has 1 unspecified atom stereocenters. The SMILES string of the molecule is N#Cc1ccc(Cl)cc1OC(CCN)c1ncc2nc[nH]c2n1. The predicted octanol–water partition coefficient (Wildman–Crippen LogP) is 2.35. The molecule has 0 spiro atoms. The van der Waals surface area contributed by atoms with Gasteiger partial charge in [0.15, 0.2) is 17.6 Å². The number of benzene rings is 1. The Kier molecular flexibility index (Phi) is 4.37. The molecule has 0 aliphatic heterocycles. The molecule has 116 valence electrons. The van der Waals surface area contributed by atoms with E-state index in [1.807, 2.05) is 0 Å². The lowest BCUT2D eigenvalue weighted by Gasteiger charge is -2.18. The Labute approximate surface area is 137 Å².